The van der Waals surface area contributed by atoms with Gasteiger partial charge in [0, 0.05) is 12.1 Å². The number of carbonyl (C=O) groups is 4. The first-order valence-corrected chi connectivity index (χ1v) is 10.4. The van der Waals surface area contributed by atoms with Crippen LogP contribution in [0.1, 0.15) is 59.1 Å². The number of carboxylic acids is 2. The van der Waals surface area contributed by atoms with E-state index in [2.05, 4.69) is 10.3 Å². The number of nitrogens with zero attached hydrogens (tertiary/aromatic N) is 2. The van der Waals surface area contributed by atoms with Gasteiger partial charge in [0.05, 0.1) is 30.1 Å². The van der Waals surface area contributed by atoms with Gasteiger partial charge < -0.3 is 25.0 Å². The summed E-state index contributed by atoms with van der Waals surface area (Å²) in [4.78, 5) is 62.4. The van der Waals surface area contributed by atoms with Crippen molar-refractivity contribution in [2.45, 2.75) is 70.4 Å². The first kappa shape index (κ1) is 28.3. The number of aromatic nitrogens is 1. The van der Waals surface area contributed by atoms with Gasteiger partial charge in [-0.05, 0) is 46.6 Å². The Labute approximate surface area is 195 Å². The first-order chi connectivity index (χ1) is 15.7. The van der Waals surface area contributed by atoms with Gasteiger partial charge in [0.1, 0.15) is 17.2 Å². The molecular weight excluding hydrogens is 454 g/mol. The van der Waals surface area contributed by atoms with Crippen molar-refractivity contribution < 1.29 is 43.8 Å². The Balaban J connectivity index is 3.36. The average Bonchev–Trinajstić information content (AvgIpc) is 2.69. The Bertz CT molecular complexity index is 910. The van der Waals surface area contributed by atoms with Crippen LogP contribution in [0, 0.1) is 10.1 Å². The monoisotopic (exact) mass is 483 g/mol. The molecule has 0 radical (unpaired) electrons. The van der Waals surface area contributed by atoms with Gasteiger partial charge in [-0.25, -0.2) is 4.79 Å². The van der Waals surface area contributed by atoms with Gasteiger partial charge >= 0.3 is 24.0 Å². The van der Waals surface area contributed by atoms with Crippen molar-refractivity contribution in [2.75, 3.05) is 6.61 Å². The van der Waals surface area contributed by atoms with Gasteiger partial charge in [-0.3, -0.25) is 29.5 Å². The predicted molar refractivity (Wildman–Crippen MR) is 116 cm³/mol. The number of pyridine rings is 1. The van der Waals surface area contributed by atoms with Crippen LogP contribution >= 0.6 is 0 Å². The van der Waals surface area contributed by atoms with Crippen LogP contribution in [0.15, 0.2) is 18.3 Å². The molecule has 0 saturated heterocycles. The Morgan fingerprint density at radius 1 is 1.18 bits per heavy atom. The zero-order chi connectivity index (χ0) is 26.1. The Kier molecular flexibility index (Phi) is 9.90. The third-order valence-electron chi connectivity index (χ3n) is 4.63. The number of esters is 1. The van der Waals surface area contributed by atoms with Crippen molar-refractivity contribution in [2.24, 2.45) is 0 Å². The molecule has 2 unspecified atom stereocenters. The van der Waals surface area contributed by atoms with Crippen LogP contribution in [0.5, 0.6) is 0 Å². The Hall–Kier alpha value is -3.77. The Morgan fingerprint density at radius 2 is 1.82 bits per heavy atom. The fraction of sp³-hybridized carbons (Fsp3) is 0.571. The minimum atomic E-state index is -1.89. The standard InChI is InChI=1S/C21H29N3O10/c1-5-33-18(29)21(11-17(27)28,15-7-6-14(12-22-15)24(31)32)9-8-13(10-16(25)26)23-19(30)34-20(2,3)4/h6-7,12-13H,5,8-11H2,1-4H3,(H,23,30)(H,25,26)(H,27,28). The molecule has 1 rings (SSSR count). The molecule has 0 aliphatic rings. The average molecular weight is 483 g/mol. The summed E-state index contributed by atoms with van der Waals surface area (Å²) in [5.41, 5.74) is -3.19. The molecule has 1 aromatic heterocycles. The minimum absolute atomic E-state index is 0.0815. The second-order valence-corrected chi connectivity index (χ2v) is 8.51. The zero-order valence-corrected chi connectivity index (χ0v) is 19.4. The summed E-state index contributed by atoms with van der Waals surface area (Å²) in [7, 11) is 0. The number of nitrogens with one attached hydrogen (secondary N) is 1. The number of aliphatic carboxylic acids is 2. The molecule has 0 fully saturated rings. The molecule has 13 heteroatoms. The van der Waals surface area contributed by atoms with Crippen LogP contribution in [0.4, 0.5) is 10.5 Å². The quantitative estimate of drug-likeness (QED) is 0.224. The van der Waals surface area contributed by atoms with Gasteiger partial charge in [-0.15, -0.1) is 0 Å². The van der Waals surface area contributed by atoms with Gasteiger partial charge in [-0.2, -0.15) is 0 Å². The second kappa shape index (κ2) is 11.9. The van der Waals surface area contributed by atoms with Gasteiger partial charge in [0.2, 0.25) is 0 Å². The molecule has 0 aromatic carbocycles. The molecule has 0 spiro atoms. The van der Waals surface area contributed by atoms with Crippen molar-refractivity contribution in [3.63, 3.8) is 0 Å². The summed E-state index contributed by atoms with van der Waals surface area (Å²) < 4.78 is 10.2. The van der Waals surface area contributed by atoms with E-state index in [4.69, 9.17) is 9.47 Å². The van der Waals surface area contributed by atoms with Crippen LogP contribution in [0.25, 0.3) is 0 Å². The third kappa shape index (κ3) is 8.64. The van der Waals surface area contributed by atoms with Crippen molar-refractivity contribution in [1.82, 2.24) is 10.3 Å². The molecule has 0 aliphatic heterocycles. The molecule has 2 atom stereocenters. The van der Waals surface area contributed by atoms with Crippen LogP contribution < -0.4 is 5.32 Å². The number of nitro groups is 1. The summed E-state index contributed by atoms with van der Waals surface area (Å²) in [5, 5.41) is 32.2. The topological polar surface area (TPSA) is 195 Å². The fourth-order valence-corrected chi connectivity index (χ4v) is 3.22. The molecular formula is C21H29N3O10. The summed E-state index contributed by atoms with van der Waals surface area (Å²) in [5.74, 6) is -3.55. The largest absolute Gasteiger partial charge is 0.481 e. The highest BCUT2D eigenvalue weighted by Gasteiger charge is 2.45. The van der Waals surface area contributed by atoms with E-state index < -0.39 is 58.8 Å². The summed E-state index contributed by atoms with van der Waals surface area (Å²) >= 11 is 0. The van der Waals surface area contributed by atoms with E-state index >= 15 is 0 Å². The summed E-state index contributed by atoms with van der Waals surface area (Å²) in [6.07, 6.45) is -1.74. The van der Waals surface area contributed by atoms with Crippen LogP contribution in [-0.2, 0) is 29.3 Å². The number of hydrogen-bond donors (Lipinski definition) is 3. The third-order valence-corrected chi connectivity index (χ3v) is 4.63. The lowest BCUT2D eigenvalue weighted by Gasteiger charge is -2.31. The number of alkyl carbamates (subject to hydrolysis) is 1. The van der Waals surface area contributed by atoms with E-state index in [0.29, 0.717) is 0 Å². The highest BCUT2D eigenvalue weighted by atomic mass is 16.6. The Morgan fingerprint density at radius 3 is 2.26 bits per heavy atom. The maximum atomic E-state index is 13.0. The number of carbonyl (C=O) groups excluding carboxylic acids is 2. The smallest absolute Gasteiger partial charge is 0.407 e. The van der Waals surface area contributed by atoms with E-state index in [0.717, 1.165) is 18.3 Å². The van der Waals surface area contributed by atoms with E-state index in [9.17, 15) is 39.5 Å². The van der Waals surface area contributed by atoms with E-state index in [1.807, 2.05) is 0 Å². The molecule has 1 heterocycles. The summed E-state index contributed by atoms with van der Waals surface area (Å²) in [6.45, 7) is 6.30. The van der Waals surface area contributed by atoms with Crippen molar-refractivity contribution >= 4 is 29.7 Å². The van der Waals surface area contributed by atoms with Crippen molar-refractivity contribution in [3.05, 3.63) is 34.1 Å². The molecule has 3 N–H and O–H groups in total. The highest BCUT2D eigenvalue weighted by Crippen LogP contribution is 2.35. The van der Waals surface area contributed by atoms with Crippen molar-refractivity contribution in [1.29, 1.82) is 0 Å². The molecule has 13 nitrogen and oxygen atoms in total. The number of ether oxygens (including phenoxy) is 2. The molecule has 188 valence electrons. The SMILES string of the molecule is CCOC(=O)C(CCC(CC(=O)O)NC(=O)OC(C)(C)C)(CC(=O)O)c1ccc([N+](=O)[O-])cn1. The molecule has 0 saturated carbocycles. The molecule has 0 bridgehead atoms. The molecule has 1 amide bonds. The lowest BCUT2D eigenvalue weighted by Crippen LogP contribution is -2.44. The maximum absolute atomic E-state index is 13.0. The molecule has 1 aromatic rings. The maximum Gasteiger partial charge on any atom is 0.407 e. The van der Waals surface area contributed by atoms with Crippen molar-refractivity contribution in [3.8, 4) is 0 Å². The number of carboxylic acid groups (broad SMARTS) is 2. The van der Waals surface area contributed by atoms with E-state index in [1.54, 1.807) is 20.8 Å². The second-order valence-electron chi connectivity index (χ2n) is 8.51. The predicted octanol–water partition coefficient (Wildman–Crippen LogP) is 2.41. The summed E-state index contributed by atoms with van der Waals surface area (Å²) in [6, 6.07) is 1.21. The lowest BCUT2D eigenvalue weighted by atomic mass is 9.75. The number of hydrogen-bond acceptors (Lipinski definition) is 9. The lowest BCUT2D eigenvalue weighted by molar-refractivity contribution is -0.385. The number of amides is 1. The van der Waals surface area contributed by atoms with Gasteiger partial charge in [0.15, 0.2) is 0 Å². The fourth-order valence-electron chi connectivity index (χ4n) is 3.22. The van der Waals surface area contributed by atoms with Gasteiger partial charge in [0.25, 0.3) is 5.69 Å². The van der Waals surface area contributed by atoms with Gasteiger partial charge in [-0.1, -0.05) is 0 Å². The van der Waals surface area contributed by atoms with Crippen LogP contribution in [0.2, 0.25) is 0 Å². The molecule has 34 heavy (non-hydrogen) atoms. The van der Waals surface area contributed by atoms with E-state index in [1.165, 1.54) is 6.92 Å². The first-order valence-electron chi connectivity index (χ1n) is 10.4. The van der Waals surface area contributed by atoms with E-state index in [-0.39, 0.29) is 30.8 Å². The van der Waals surface area contributed by atoms with Crippen LogP contribution in [-0.4, -0.2) is 62.4 Å². The normalized spacial score (nSPS) is 13.8. The van der Waals surface area contributed by atoms with Crippen LogP contribution in [0.3, 0.4) is 0 Å². The minimum Gasteiger partial charge on any atom is -0.481 e. The number of rotatable bonds is 12. The molecule has 0 aliphatic carbocycles. The zero-order valence-electron chi connectivity index (χ0n) is 19.4. The highest BCUT2D eigenvalue weighted by molar-refractivity contribution is 5.88.